The number of hydrogen-bond acceptors (Lipinski definition) is 5. The summed E-state index contributed by atoms with van der Waals surface area (Å²) in [5.74, 6) is -1.78. The Morgan fingerprint density at radius 3 is 2.03 bits per heavy atom. The fraction of sp³-hybridized carbons (Fsp3) is 0.300. The van der Waals surface area contributed by atoms with Crippen molar-refractivity contribution >= 4 is 18.0 Å². The first-order valence-electron chi connectivity index (χ1n) is 12.6. The summed E-state index contributed by atoms with van der Waals surface area (Å²) in [5.41, 5.74) is 5.39. The maximum absolute atomic E-state index is 12.5. The van der Waals surface area contributed by atoms with Crippen LogP contribution in [0.25, 0.3) is 11.1 Å². The van der Waals surface area contributed by atoms with E-state index in [1.54, 1.807) is 13.8 Å². The van der Waals surface area contributed by atoms with Crippen LogP contribution in [-0.2, 0) is 25.7 Å². The van der Waals surface area contributed by atoms with Crippen LogP contribution in [0.2, 0.25) is 0 Å². The average molecular weight is 517 g/mol. The van der Waals surface area contributed by atoms with E-state index in [0.717, 1.165) is 27.8 Å². The van der Waals surface area contributed by atoms with Gasteiger partial charge in [0, 0.05) is 18.4 Å². The molecular formula is C30H32N2O6. The van der Waals surface area contributed by atoms with E-state index >= 15 is 0 Å². The second kappa shape index (κ2) is 12.4. The number of ether oxygens (including phenoxy) is 2. The summed E-state index contributed by atoms with van der Waals surface area (Å²) in [6.07, 6.45) is -1.51. The fourth-order valence-corrected chi connectivity index (χ4v) is 4.68. The normalized spacial score (nSPS) is 14.5. The van der Waals surface area contributed by atoms with Crippen LogP contribution in [0.15, 0.2) is 78.9 Å². The summed E-state index contributed by atoms with van der Waals surface area (Å²) in [4.78, 5) is 36.8. The van der Waals surface area contributed by atoms with Gasteiger partial charge in [0.25, 0.3) is 0 Å². The second-order valence-corrected chi connectivity index (χ2v) is 9.46. The molecular weight excluding hydrogens is 484 g/mol. The van der Waals surface area contributed by atoms with E-state index in [0.29, 0.717) is 0 Å². The molecule has 198 valence electrons. The van der Waals surface area contributed by atoms with Crippen molar-refractivity contribution in [3.63, 3.8) is 0 Å². The number of rotatable bonds is 11. The Morgan fingerprint density at radius 1 is 0.842 bits per heavy atom. The highest BCUT2D eigenvalue weighted by Crippen LogP contribution is 2.44. The topological polar surface area (TPSA) is 114 Å². The minimum Gasteiger partial charge on any atom is -0.480 e. The lowest BCUT2D eigenvalue weighted by Crippen LogP contribution is -2.50. The molecule has 0 fully saturated rings. The SMILES string of the molecule is C[C@H](CC(=O)N[C@H](C(=O)O)[C@@H](C)OCc1ccccc1)NC(=O)OCC1c2ccccc2-c2ccccc21. The molecule has 0 saturated heterocycles. The number of benzene rings is 3. The number of alkyl carbamates (subject to hydrolysis) is 1. The summed E-state index contributed by atoms with van der Waals surface area (Å²) in [6, 6.07) is 23.7. The summed E-state index contributed by atoms with van der Waals surface area (Å²) < 4.78 is 11.2. The number of carboxylic acids is 1. The third kappa shape index (κ3) is 6.58. The van der Waals surface area contributed by atoms with Crippen LogP contribution >= 0.6 is 0 Å². The van der Waals surface area contributed by atoms with E-state index in [4.69, 9.17) is 9.47 Å². The zero-order valence-electron chi connectivity index (χ0n) is 21.4. The molecule has 1 aliphatic rings. The number of carbonyl (C=O) groups is 3. The van der Waals surface area contributed by atoms with E-state index in [1.165, 1.54) is 0 Å². The Labute approximate surface area is 222 Å². The third-order valence-corrected chi connectivity index (χ3v) is 6.61. The number of fused-ring (bicyclic) bond motifs is 3. The molecule has 0 radical (unpaired) electrons. The molecule has 3 atom stereocenters. The molecule has 0 bridgehead atoms. The van der Waals surface area contributed by atoms with E-state index < -0.39 is 36.2 Å². The Bertz CT molecular complexity index is 1230. The Balaban J connectivity index is 1.25. The van der Waals surface area contributed by atoms with Gasteiger partial charge in [-0.2, -0.15) is 0 Å². The van der Waals surface area contributed by atoms with Crippen molar-refractivity contribution in [1.82, 2.24) is 10.6 Å². The quantitative estimate of drug-likeness (QED) is 0.346. The van der Waals surface area contributed by atoms with Crippen LogP contribution in [0.3, 0.4) is 0 Å². The van der Waals surface area contributed by atoms with E-state index in [2.05, 4.69) is 22.8 Å². The monoisotopic (exact) mass is 516 g/mol. The van der Waals surface area contributed by atoms with Gasteiger partial charge in [-0.15, -0.1) is 0 Å². The summed E-state index contributed by atoms with van der Waals surface area (Å²) >= 11 is 0. The molecule has 0 spiro atoms. The molecule has 0 saturated carbocycles. The Kier molecular flexibility index (Phi) is 8.76. The molecule has 1 aliphatic carbocycles. The van der Waals surface area contributed by atoms with Gasteiger partial charge in [0.05, 0.1) is 12.7 Å². The third-order valence-electron chi connectivity index (χ3n) is 6.61. The zero-order valence-corrected chi connectivity index (χ0v) is 21.4. The van der Waals surface area contributed by atoms with Crippen LogP contribution in [0.1, 0.15) is 42.9 Å². The lowest BCUT2D eigenvalue weighted by atomic mass is 9.98. The summed E-state index contributed by atoms with van der Waals surface area (Å²) in [6.45, 7) is 3.64. The van der Waals surface area contributed by atoms with Crippen molar-refractivity contribution in [3.8, 4) is 11.1 Å². The molecule has 0 unspecified atom stereocenters. The van der Waals surface area contributed by atoms with Gasteiger partial charge in [-0.3, -0.25) is 4.79 Å². The number of amides is 2. The molecule has 38 heavy (non-hydrogen) atoms. The number of hydrogen-bond donors (Lipinski definition) is 3. The molecule has 0 aliphatic heterocycles. The molecule has 3 N–H and O–H groups in total. The molecule has 8 heteroatoms. The Hall–Kier alpha value is -4.17. The lowest BCUT2D eigenvalue weighted by molar-refractivity contribution is -0.146. The van der Waals surface area contributed by atoms with E-state index in [9.17, 15) is 19.5 Å². The molecule has 4 rings (SSSR count). The minimum atomic E-state index is -1.23. The highest BCUT2D eigenvalue weighted by Gasteiger charge is 2.30. The molecule has 8 nitrogen and oxygen atoms in total. The van der Waals surface area contributed by atoms with Gasteiger partial charge in [0.1, 0.15) is 6.61 Å². The van der Waals surface area contributed by atoms with Crippen molar-refractivity contribution in [2.45, 2.75) is 51.0 Å². The van der Waals surface area contributed by atoms with Crippen molar-refractivity contribution in [3.05, 3.63) is 95.6 Å². The number of nitrogens with one attached hydrogen (secondary N) is 2. The highest BCUT2D eigenvalue weighted by molar-refractivity contribution is 5.84. The van der Waals surface area contributed by atoms with Crippen LogP contribution < -0.4 is 10.6 Å². The predicted molar refractivity (Wildman–Crippen MR) is 143 cm³/mol. The van der Waals surface area contributed by atoms with Gasteiger partial charge in [0.2, 0.25) is 5.91 Å². The van der Waals surface area contributed by atoms with Gasteiger partial charge in [-0.1, -0.05) is 78.9 Å². The lowest BCUT2D eigenvalue weighted by Gasteiger charge is -2.23. The van der Waals surface area contributed by atoms with Gasteiger partial charge in [-0.05, 0) is 41.7 Å². The number of carboxylic acid groups (broad SMARTS) is 1. The first-order chi connectivity index (χ1) is 18.3. The predicted octanol–water partition coefficient (Wildman–Crippen LogP) is 4.48. The zero-order chi connectivity index (χ0) is 27.1. The highest BCUT2D eigenvalue weighted by atomic mass is 16.5. The largest absolute Gasteiger partial charge is 0.480 e. The van der Waals surface area contributed by atoms with Gasteiger partial charge in [0.15, 0.2) is 6.04 Å². The van der Waals surface area contributed by atoms with Gasteiger partial charge >= 0.3 is 12.1 Å². The minimum absolute atomic E-state index is 0.0690. The maximum atomic E-state index is 12.5. The Morgan fingerprint density at radius 2 is 1.42 bits per heavy atom. The second-order valence-electron chi connectivity index (χ2n) is 9.46. The van der Waals surface area contributed by atoms with Crippen molar-refractivity contribution < 1.29 is 29.0 Å². The van der Waals surface area contributed by atoms with Crippen molar-refractivity contribution in [2.75, 3.05) is 6.61 Å². The standard InChI is InChI=1S/C30H32N2O6/c1-19(16-27(33)32-28(29(34)35)20(2)37-17-21-10-4-3-5-11-21)31-30(36)38-18-26-24-14-8-6-12-22(24)23-13-7-9-15-25(23)26/h3-15,19-20,26,28H,16-18H2,1-2H3,(H,31,36)(H,32,33)(H,34,35)/t19-,20-,28+/m1/s1. The first kappa shape index (κ1) is 26.9. The van der Waals surface area contributed by atoms with Gasteiger partial charge < -0.3 is 25.2 Å². The van der Waals surface area contributed by atoms with Crippen molar-refractivity contribution in [2.24, 2.45) is 0 Å². The molecule has 3 aromatic rings. The van der Waals surface area contributed by atoms with Crippen LogP contribution in [0.5, 0.6) is 0 Å². The smallest absolute Gasteiger partial charge is 0.407 e. The fourth-order valence-electron chi connectivity index (χ4n) is 4.68. The van der Waals surface area contributed by atoms with Crippen LogP contribution in [-0.4, -0.2) is 47.9 Å². The molecule has 2 amide bonds. The number of carbonyl (C=O) groups excluding carboxylic acids is 2. The molecule has 3 aromatic carbocycles. The van der Waals surface area contributed by atoms with E-state index in [-0.39, 0.29) is 25.6 Å². The van der Waals surface area contributed by atoms with Gasteiger partial charge in [-0.25, -0.2) is 9.59 Å². The van der Waals surface area contributed by atoms with Crippen molar-refractivity contribution in [1.29, 1.82) is 0 Å². The van der Waals surface area contributed by atoms with Crippen LogP contribution in [0, 0.1) is 0 Å². The maximum Gasteiger partial charge on any atom is 0.407 e. The summed E-state index contributed by atoms with van der Waals surface area (Å²) in [7, 11) is 0. The van der Waals surface area contributed by atoms with E-state index in [1.807, 2.05) is 66.7 Å². The summed E-state index contributed by atoms with van der Waals surface area (Å²) in [5, 5.41) is 14.8. The molecule has 0 heterocycles. The van der Waals surface area contributed by atoms with Crippen LogP contribution in [0.4, 0.5) is 4.79 Å². The number of aliphatic carboxylic acids is 1. The first-order valence-corrected chi connectivity index (χ1v) is 12.6. The average Bonchev–Trinajstić information content (AvgIpc) is 3.23. The molecule has 0 aromatic heterocycles.